The summed E-state index contributed by atoms with van der Waals surface area (Å²) < 4.78 is 48.7. The molecule has 3 N–H and O–H groups in total. The summed E-state index contributed by atoms with van der Waals surface area (Å²) in [4.78, 5) is 50.0. The Kier molecular flexibility index (Phi) is 10.5. The number of aromatic nitrogens is 2. The van der Waals surface area contributed by atoms with Crippen LogP contribution in [0.4, 0.5) is 13.2 Å². The first-order chi connectivity index (χ1) is 18.6. The predicted octanol–water partition coefficient (Wildman–Crippen LogP) is 2.02. The van der Waals surface area contributed by atoms with Gasteiger partial charge in [-0.25, -0.2) is 9.59 Å². The molecule has 1 fully saturated rings. The van der Waals surface area contributed by atoms with Gasteiger partial charge in [-0.2, -0.15) is 13.2 Å². The topological polar surface area (TPSA) is 140 Å². The molecule has 10 nitrogen and oxygen atoms in total. The Labute approximate surface area is 221 Å². The first-order valence-electron chi connectivity index (χ1n) is 12.3. The molecule has 2 aromatic rings. The highest BCUT2D eigenvalue weighted by molar-refractivity contribution is 5.89. The van der Waals surface area contributed by atoms with Gasteiger partial charge in [0, 0.05) is 25.6 Å². The van der Waals surface area contributed by atoms with Crippen molar-refractivity contribution in [3.05, 3.63) is 68.5 Å². The number of esters is 1. The van der Waals surface area contributed by atoms with Crippen molar-refractivity contribution in [2.24, 2.45) is 0 Å². The molecule has 3 atom stereocenters. The molecule has 0 bridgehead atoms. The zero-order chi connectivity index (χ0) is 28.4. The number of unbranched alkanes of at least 4 members (excludes halogenated alkanes) is 4. The van der Waals surface area contributed by atoms with Crippen LogP contribution >= 0.6 is 0 Å². The van der Waals surface area contributed by atoms with Crippen molar-refractivity contribution in [2.45, 2.75) is 63.1 Å². The van der Waals surface area contributed by atoms with Gasteiger partial charge in [-0.15, -0.1) is 0 Å². The van der Waals surface area contributed by atoms with Gasteiger partial charge in [0.1, 0.15) is 24.0 Å². The predicted molar refractivity (Wildman–Crippen MR) is 132 cm³/mol. The van der Waals surface area contributed by atoms with Crippen LogP contribution in [0.3, 0.4) is 0 Å². The zero-order valence-electron chi connectivity index (χ0n) is 20.8. The third kappa shape index (κ3) is 8.56. The van der Waals surface area contributed by atoms with E-state index in [0.717, 1.165) is 4.57 Å². The van der Waals surface area contributed by atoms with E-state index in [1.54, 1.807) is 35.6 Å². The normalized spacial score (nSPS) is 18.7. The maximum absolute atomic E-state index is 12.4. The minimum atomic E-state index is -4.89. The number of hydrogen-bond donors (Lipinski definition) is 3. The van der Waals surface area contributed by atoms with E-state index in [1.807, 2.05) is 0 Å². The maximum atomic E-state index is 12.4. The van der Waals surface area contributed by atoms with E-state index >= 15 is 0 Å². The number of hydrogen-bond acceptors (Lipinski definition) is 7. The van der Waals surface area contributed by atoms with E-state index in [2.05, 4.69) is 16.8 Å². The molecule has 210 valence electrons. The van der Waals surface area contributed by atoms with Crippen molar-refractivity contribution in [1.29, 1.82) is 0 Å². The number of benzene rings is 1. The zero-order valence-corrected chi connectivity index (χ0v) is 20.8. The quantitative estimate of drug-likeness (QED) is 0.233. The number of ether oxygens (including phenoxy) is 2. The van der Waals surface area contributed by atoms with Gasteiger partial charge in [0.2, 0.25) is 0 Å². The molecule has 0 aliphatic carbocycles. The van der Waals surface area contributed by atoms with E-state index in [0.29, 0.717) is 37.7 Å². The molecule has 0 radical (unpaired) electrons. The molecule has 1 aromatic carbocycles. The molecular weight excluding hydrogens is 523 g/mol. The van der Waals surface area contributed by atoms with Crippen LogP contribution in [0.15, 0.2) is 46.1 Å². The van der Waals surface area contributed by atoms with Crippen molar-refractivity contribution in [1.82, 2.24) is 14.9 Å². The van der Waals surface area contributed by atoms with Crippen molar-refractivity contribution in [3.63, 3.8) is 0 Å². The molecule has 3 rings (SSSR count). The number of alkyl halides is 3. The number of aliphatic hydroxyl groups is 1. The summed E-state index contributed by atoms with van der Waals surface area (Å²) in [6.07, 6.45) is -3.55. The van der Waals surface area contributed by atoms with Gasteiger partial charge in [-0.05, 0) is 25.0 Å². The van der Waals surface area contributed by atoms with Crippen LogP contribution in [-0.4, -0.2) is 58.1 Å². The van der Waals surface area contributed by atoms with E-state index in [-0.39, 0.29) is 18.5 Å². The number of aliphatic hydroxyl groups excluding tert-OH is 1. The van der Waals surface area contributed by atoms with Gasteiger partial charge < -0.3 is 19.9 Å². The van der Waals surface area contributed by atoms with Crippen LogP contribution in [0.5, 0.6) is 0 Å². The molecule has 1 amide bonds. The van der Waals surface area contributed by atoms with Crippen molar-refractivity contribution in [3.8, 4) is 11.8 Å². The number of carbonyl (C=O) groups excluding carboxylic acids is 2. The van der Waals surface area contributed by atoms with Crippen LogP contribution in [0.2, 0.25) is 0 Å². The second-order valence-corrected chi connectivity index (χ2v) is 8.79. The minimum absolute atomic E-state index is 0.0124. The fraction of sp³-hybridized carbons (Fsp3) is 0.462. The SMILES string of the molecule is O=C(O[C@H]1C[C@H](n2cc(C#CCCCCCCNC(=O)C(F)(F)F)c(=O)[nH]c2=O)O[C@@H]1CO)c1ccccc1. The molecular formula is C26H28F3N3O7. The number of nitrogens with zero attached hydrogens (tertiary/aromatic N) is 1. The lowest BCUT2D eigenvalue weighted by atomic mass is 10.1. The van der Waals surface area contributed by atoms with Crippen molar-refractivity contribution < 1.29 is 37.3 Å². The lowest BCUT2D eigenvalue weighted by molar-refractivity contribution is -0.173. The van der Waals surface area contributed by atoms with Gasteiger partial charge in [0.15, 0.2) is 0 Å². The Morgan fingerprint density at radius 2 is 1.87 bits per heavy atom. The summed E-state index contributed by atoms with van der Waals surface area (Å²) in [5.74, 6) is 2.97. The number of halogens is 3. The van der Waals surface area contributed by atoms with Gasteiger partial charge in [0.25, 0.3) is 5.56 Å². The Morgan fingerprint density at radius 3 is 2.56 bits per heavy atom. The number of rotatable bonds is 10. The summed E-state index contributed by atoms with van der Waals surface area (Å²) in [6.45, 7) is -0.531. The summed E-state index contributed by atoms with van der Waals surface area (Å²) >= 11 is 0. The first kappa shape index (κ1) is 29.7. The van der Waals surface area contributed by atoms with Crippen molar-refractivity contribution >= 4 is 11.9 Å². The third-order valence-electron chi connectivity index (χ3n) is 5.90. The van der Waals surface area contributed by atoms with Gasteiger partial charge in [0.05, 0.1) is 12.2 Å². The molecule has 13 heteroatoms. The van der Waals surface area contributed by atoms with Gasteiger partial charge >= 0.3 is 23.7 Å². The van der Waals surface area contributed by atoms with E-state index in [4.69, 9.17) is 9.47 Å². The maximum Gasteiger partial charge on any atom is 0.471 e. The molecule has 0 saturated carbocycles. The summed E-state index contributed by atoms with van der Waals surface area (Å²) in [7, 11) is 0. The highest BCUT2D eigenvalue weighted by atomic mass is 19.4. The monoisotopic (exact) mass is 551 g/mol. The molecule has 1 aromatic heterocycles. The Morgan fingerprint density at radius 1 is 1.15 bits per heavy atom. The molecule has 39 heavy (non-hydrogen) atoms. The summed E-state index contributed by atoms with van der Waals surface area (Å²) in [6, 6.07) is 8.28. The average Bonchev–Trinajstić information content (AvgIpc) is 3.30. The van der Waals surface area contributed by atoms with Crippen LogP contribution in [0.25, 0.3) is 0 Å². The van der Waals surface area contributed by atoms with E-state index in [1.165, 1.54) is 6.20 Å². The van der Waals surface area contributed by atoms with Crippen LogP contribution in [0.1, 0.15) is 60.7 Å². The van der Waals surface area contributed by atoms with Gasteiger partial charge in [-0.3, -0.25) is 19.1 Å². The number of nitrogens with one attached hydrogen (secondary N) is 2. The summed E-state index contributed by atoms with van der Waals surface area (Å²) in [5, 5.41) is 11.5. The number of H-pyrrole nitrogens is 1. The van der Waals surface area contributed by atoms with E-state index in [9.17, 15) is 37.5 Å². The number of amides is 1. The lowest BCUT2D eigenvalue weighted by Gasteiger charge is -2.16. The number of aromatic amines is 1. The van der Waals surface area contributed by atoms with Crippen LogP contribution in [-0.2, 0) is 14.3 Å². The average molecular weight is 552 g/mol. The standard InChI is InChI=1S/C26H28F3N3O7/c27-26(28,29)24(36)30-13-9-4-2-1-3-6-12-18-15-32(25(37)31-22(18)34)21-14-19(20(16-33)38-21)39-23(35)17-10-7-5-8-11-17/h5,7-8,10-11,15,19-21,33H,1-4,9,13-14,16H2,(H,30,36)(H,31,34,37)/t19-,20+,21+/m0/s1. The van der Waals surface area contributed by atoms with Crippen LogP contribution in [0, 0.1) is 11.8 Å². The first-order valence-corrected chi connectivity index (χ1v) is 12.3. The fourth-order valence-corrected chi connectivity index (χ4v) is 3.88. The smallest absolute Gasteiger partial charge is 0.456 e. The molecule has 1 aliphatic heterocycles. The lowest BCUT2D eigenvalue weighted by Crippen LogP contribution is -2.37. The second kappa shape index (κ2) is 13.8. The molecule has 0 unspecified atom stereocenters. The highest BCUT2D eigenvalue weighted by Crippen LogP contribution is 2.30. The molecule has 1 saturated heterocycles. The third-order valence-corrected chi connectivity index (χ3v) is 5.90. The molecule has 0 spiro atoms. The Hall–Kier alpha value is -3.89. The second-order valence-electron chi connectivity index (χ2n) is 8.79. The Balaban J connectivity index is 1.53. The summed E-state index contributed by atoms with van der Waals surface area (Å²) in [5.41, 5.74) is -1.10. The molecule has 2 heterocycles. The molecule has 1 aliphatic rings. The van der Waals surface area contributed by atoms with Crippen molar-refractivity contribution in [2.75, 3.05) is 13.2 Å². The number of carbonyl (C=O) groups is 2. The highest BCUT2D eigenvalue weighted by Gasteiger charge is 2.39. The minimum Gasteiger partial charge on any atom is -0.456 e. The fourth-order valence-electron chi connectivity index (χ4n) is 3.88. The van der Waals surface area contributed by atoms with Crippen LogP contribution < -0.4 is 16.6 Å². The van der Waals surface area contributed by atoms with E-state index < -0.39 is 54.3 Å². The largest absolute Gasteiger partial charge is 0.471 e. The van der Waals surface area contributed by atoms with Gasteiger partial charge in [-0.1, -0.05) is 42.9 Å². The Bertz CT molecular complexity index is 1310.